The van der Waals surface area contributed by atoms with Crippen molar-refractivity contribution in [2.24, 2.45) is 0 Å². The van der Waals surface area contributed by atoms with Crippen LogP contribution in [0, 0.1) is 6.92 Å². The smallest absolute Gasteiger partial charge is 0.221 e. The van der Waals surface area contributed by atoms with Crippen molar-refractivity contribution in [3.63, 3.8) is 0 Å². The number of hydrogen-bond acceptors (Lipinski definition) is 3. The fraction of sp³-hybridized carbons (Fsp3) is 0.556. The second-order valence-electron chi connectivity index (χ2n) is 3.12. The number of carbonyl (C=O) groups is 1. The van der Waals surface area contributed by atoms with Crippen LogP contribution in [-0.2, 0) is 11.3 Å². The number of nitrogens with one attached hydrogen (secondary N) is 1. The molecule has 0 atom stereocenters. The zero-order valence-electron chi connectivity index (χ0n) is 8.53. The molecule has 0 aliphatic carbocycles. The van der Waals surface area contributed by atoms with Gasteiger partial charge >= 0.3 is 0 Å². The number of nitrogens with zero attached hydrogens (tertiary/aromatic N) is 2. The Bertz CT molecular complexity index is 338. The van der Waals surface area contributed by atoms with Crippen LogP contribution in [0.5, 0.6) is 0 Å². The molecule has 1 aromatic rings. The highest BCUT2D eigenvalue weighted by molar-refractivity contribution is 9.10. The number of aliphatic hydroxyl groups is 1. The van der Waals surface area contributed by atoms with Gasteiger partial charge in [0.05, 0.1) is 17.3 Å². The first kappa shape index (κ1) is 12.2. The minimum absolute atomic E-state index is 0.0297. The lowest BCUT2D eigenvalue weighted by atomic mass is 10.4. The number of carbonyl (C=O) groups excluding carboxylic acids is 1. The van der Waals surface area contributed by atoms with Crippen LogP contribution in [-0.4, -0.2) is 33.9 Å². The molecule has 5 nitrogen and oxygen atoms in total. The number of aliphatic hydroxyl groups excluding tert-OH is 1. The van der Waals surface area contributed by atoms with Crippen molar-refractivity contribution in [1.29, 1.82) is 0 Å². The van der Waals surface area contributed by atoms with Gasteiger partial charge in [-0.15, -0.1) is 0 Å². The molecule has 2 N–H and O–H groups in total. The van der Waals surface area contributed by atoms with E-state index in [9.17, 15) is 4.79 Å². The maximum absolute atomic E-state index is 11.2. The lowest BCUT2D eigenvalue weighted by Crippen LogP contribution is -2.27. The van der Waals surface area contributed by atoms with Gasteiger partial charge in [-0.25, -0.2) is 0 Å². The molecule has 0 aliphatic rings. The Morgan fingerprint density at radius 1 is 1.73 bits per heavy atom. The second kappa shape index (κ2) is 5.87. The van der Waals surface area contributed by atoms with E-state index in [4.69, 9.17) is 5.11 Å². The van der Waals surface area contributed by atoms with E-state index in [1.54, 1.807) is 10.9 Å². The summed E-state index contributed by atoms with van der Waals surface area (Å²) in [5.74, 6) is -0.0740. The normalized spacial score (nSPS) is 10.3. The van der Waals surface area contributed by atoms with Crippen molar-refractivity contribution >= 4 is 21.8 Å². The fourth-order valence-corrected chi connectivity index (χ4v) is 1.44. The van der Waals surface area contributed by atoms with Crippen LogP contribution in [0.25, 0.3) is 0 Å². The van der Waals surface area contributed by atoms with Crippen molar-refractivity contribution in [3.8, 4) is 0 Å². The summed E-state index contributed by atoms with van der Waals surface area (Å²) in [5.41, 5.74) is 1.00. The lowest BCUT2D eigenvalue weighted by Gasteiger charge is -2.05. The Balaban J connectivity index is 2.37. The molecule has 1 amide bonds. The van der Waals surface area contributed by atoms with E-state index in [1.165, 1.54) is 0 Å². The van der Waals surface area contributed by atoms with Crippen LogP contribution in [0.4, 0.5) is 0 Å². The third-order valence-corrected chi connectivity index (χ3v) is 2.81. The quantitative estimate of drug-likeness (QED) is 0.820. The highest BCUT2D eigenvalue weighted by Crippen LogP contribution is 2.14. The van der Waals surface area contributed by atoms with Gasteiger partial charge in [-0.3, -0.25) is 9.48 Å². The molecule has 0 unspecified atom stereocenters. The summed E-state index contributed by atoms with van der Waals surface area (Å²) < 4.78 is 2.71. The van der Waals surface area contributed by atoms with E-state index in [2.05, 4.69) is 26.3 Å². The Morgan fingerprint density at radius 2 is 2.47 bits per heavy atom. The van der Waals surface area contributed by atoms with Crippen molar-refractivity contribution in [2.75, 3.05) is 13.2 Å². The Morgan fingerprint density at radius 3 is 3.00 bits per heavy atom. The van der Waals surface area contributed by atoms with Gasteiger partial charge in [0.1, 0.15) is 0 Å². The third kappa shape index (κ3) is 3.64. The van der Waals surface area contributed by atoms with Gasteiger partial charge in [0.2, 0.25) is 5.91 Å². The van der Waals surface area contributed by atoms with Crippen LogP contribution >= 0.6 is 15.9 Å². The Kier molecular flexibility index (Phi) is 4.77. The summed E-state index contributed by atoms with van der Waals surface area (Å²) >= 11 is 3.35. The lowest BCUT2D eigenvalue weighted by molar-refractivity contribution is -0.121. The van der Waals surface area contributed by atoms with Crippen LogP contribution in [0.3, 0.4) is 0 Å². The van der Waals surface area contributed by atoms with E-state index < -0.39 is 0 Å². The highest BCUT2D eigenvalue weighted by Gasteiger charge is 2.05. The molecule has 0 bridgehead atoms. The summed E-state index contributed by atoms with van der Waals surface area (Å²) in [5, 5.41) is 15.2. The Labute approximate surface area is 96.6 Å². The van der Waals surface area contributed by atoms with Crippen LogP contribution in [0.2, 0.25) is 0 Å². The van der Waals surface area contributed by atoms with Crippen LogP contribution < -0.4 is 5.32 Å². The molecule has 0 aliphatic heterocycles. The zero-order valence-corrected chi connectivity index (χ0v) is 10.1. The summed E-state index contributed by atoms with van der Waals surface area (Å²) in [4.78, 5) is 11.2. The summed E-state index contributed by atoms with van der Waals surface area (Å²) in [7, 11) is 0. The van der Waals surface area contributed by atoms with E-state index in [-0.39, 0.29) is 12.5 Å². The number of halogens is 1. The molecule has 0 spiro atoms. The number of aryl methyl sites for hydroxylation is 1. The molecular formula is C9H14BrN3O2. The standard InChI is InChI=1S/C9H14BrN3O2/c1-7-8(10)6-12-13(7)4-2-9(15)11-3-5-14/h6,14H,2-5H2,1H3,(H,11,15). The molecule has 0 radical (unpaired) electrons. The molecule has 84 valence electrons. The zero-order chi connectivity index (χ0) is 11.3. The first-order valence-corrected chi connectivity index (χ1v) is 5.50. The molecule has 0 aromatic carbocycles. The van der Waals surface area contributed by atoms with E-state index in [0.29, 0.717) is 19.5 Å². The van der Waals surface area contributed by atoms with Gasteiger partial charge in [0.15, 0.2) is 0 Å². The summed E-state index contributed by atoms with van der Waals surface area (Å²) in [6.45, 7) is 2.76. The molecule has 1 rings (SSSR count). The van der Waals surface area contributed by atoms with Crippen LogP contribution in [0.1, 0.15) is 12.1 Å². The monoisotopic (exact) mass is 275 g/mol. The summed E-state index contributed by atoms with van der Waals surface area (Å²) in [6, 6.07) is 0. The van der Waals surface area contributed by atoms with Gasteiger partial charge in [-0.05, 0) is 22.9 Å². The third-order valence-electron chi connectivity index (χ3n) is 2.03. The molecule has 0 saturated heterocycles. The van der Waals surface area contributed by atoms with Gasteiger partial charge in [-0.1, -0.05) is 0 Å². The average molecular weight is 276 g/mol. The molecule has 6 heteroatoms. The SMILES string of the molecule is Cc1c(Br)cnn1CCC(=O)NCCO. The van der Waals surface area contributed by atoms with Crippen molar-refractivity contribution in [1.82, 2.24) is 15.1 Å². The van der Waals surface area contributed by atoms with Crippen molar-refractivity contribution < 1.29 is 9.90 Å². The maximum Gasteiger partial charge on any atom is 0.221 e. The molecular weight excluding hydrogens is 262 g/mol. The number of rotatable bonds is 5. The minimum Gasteiger partial charge on any atom is -0.395 e. The molecule has 0 fully saturated rings. The topological polar surface area (TPSA) is 67.2 Å². The second-order valence-corrected chi connectivity index (χ2v) is 3.98. The number of aromatic nitrogens is 2. The van der Waals surface area contributed by atoms with Crippen molar-refractivity contribution in [3.05, 3.63) is 16.4 Å². The van der Waals surface area contributed by atoms with Gasteiger partial charge < -0.3 is 10.4 Å². The number of hydrogen-bond donors (Lipinski definition) is 2. The number of amides is 1. The van der Waals surface area contributed by atoms with Crippen LogP contribution in [0.15, 0.2) is 10.7 Å². The average Bonchev–Trinajstić information content (AvgIpc) is 2.54. The summed E-state index contributed by atoms with van der Waals surface area (Å²) in [6.07, 6.45) is 2.08. The van der Waals surface area contributed by atoms with Crippen molar-refractivity contribution in [2.45, 2.75) is 19.9 Å². The fourth-order valence-electron chi connectivity index (χ4n) is 1.14. The Hall–Kier alpha value is -0.880. The highest BCUT2D eigenvalue weighted by atomic mass is 79.9. The maximum atomic E-state index is 11.2. The molecule has 1 heterocycles. The van der Waals surface area contributed by atoms with E-state index in [1.807, 2.05) is 6.92 Å². The van der Waals surface area contributed by atoms with Gasteiger partial charge in [-0.2, -0.15) is 5.10 Å². The largest absolute Gasteiger partial charge is 0.395 e. The minimum atomic E-state index is -0.0740. The predicted molar refractivity (Wildman–Crippen MR) is 59.4 cm³/mol. The van der Waals surface area contributed by atoms with Gasteiger partial charge in [0.25, 0.3) is 0 Å². The van der Waals surface area contributed by atoms with Gasteiger partial charge in [0, 0.05) is 25.2 Å². The molecule has 0 saturated carbocycles. The molecule has 15 heavy (non-hydrogen) atoms. The first-order chi connectivity index (χ1) is 7.15. The first-order valence-electron chi connectivity index (χ1n) is 4.70. The molecule has 1 aromatic heterocycles. The predicted octanol–water partition coefficient (Wildman–Crippen LogP) is 0.453. The van der Waals surface area contributed by atoms with E-state index in [0.717, 1.165) is 10.2 Å². The van der Waals surface area contributed by atoms with E-state index >= 15 is 0 Å².